The summed E-state index contributed by atoms with van der Waals surface area (Å²) in [6.07, 6.45) is 0. The Morgan fingerprint density at radius 3 is 2.76 bits per heavy atom. The van der Waals surface area contributed by atoms with Crippen molar-refractivity contribution < 1.29 is 13.9 Å². The van der Waals surface area contributed by atoms with Crippen LogP contribution in [0.3, 0.4) is 0 Å². The minimum absolute atomic E-state index is 0.128. The zero-order valence-corrected chi connectivity index (χ0v) is 10.2. The van der Waals surface area contributed by atoms with E-state index in [9.17, 15) is 9.18 Å². The first-order chi connectivity index (χ1) is 8.08. The third-order valence-corrected chi connectivity index (χ3v) is 2.39. The molecular formula is C12H17FN2O2. The fraction of sp³-hybridized carbons (Fsp3) is 0.417. The molecule has 94 valence electrons. The number of methoxy groups -OCH3 is 1. The lowest BCUT2D eigenvalue weighted by Gasteiger charge is -2.15. The first-order valence-corrected chi connectivity index (χ1v) is 5.36. The van der Waals surface area contributed by atoms with Gasteiger partial charge in [0, 0.05) is 0 Å². The fourth-order valence-electron chi connectivity index (χ4n) is 1.49. The molecule has 1 amide bonds. The molecule has 1 atom stereocenters. The molecule has 1 unspecified atom stereocenters. The number of carbonyl (C=O) groups excluding carboxylic acids is 1. The summed E-state index contributed by atoms with van der Waals surface area (Å²) in [7, 11) is 3.10. The minimum atomic E-state index is -0.431. The van der Waals surface area contributed by atoms with Gasteiger partial charge in [-0.2, -0.15) is 0 Å². The summed E-state index contributed by atoms with van der Waals surface area (Å²) in [5, 5.41) is 5.50. The Kier molecular flexibility index (Phi) is 4.90. The molecule has 0 aliphatic carbocycles. The van der Waals surface area contributed by atoms with Crippen molar-refractivity contribution in [3.05, 3.63) is 29.6 Å². The molecule has 0 saturated heterocycles. The van der Waals surface area contributed by atoms with Crippen LogP contribution in [-0.2, 0) is 4.79 Å². The third kappa shape index (κ3) is 3.71. The van der Waals surface area contributed by atoms with Crippen LogP contribution in [-0.4, -0.2) is 26.6 Å². The smallest absolute Gasteiger partial charge is 0.234 e. The summed E-state index contributed by atoms with van der Waals surface area (Å²) in [6, 6.07) is 4.40. The van der Waals surface area contributed by atoms with E-state index in [1.54, 1.807) is 26.1 Å². The Labute approximate surface area is 100 Å². The number of amides is 1. The zero-order valence-electron chi connectivity index (χ0n) is 10.2. The van der Waals surface area contributed by atoms with Crippen LogP contribution in [0.2, 0.25) is 0 Å². The third-order valence-electron chi connectivity index (χ3n) is 2.39. The molecule has 0 fully saturated rings. The number of carbonyl (C=O) groups is 1. The van der Waals surface area contributed by atoms with Crippen LogP contribution in [0, 0.1) is 5.82 Å². The quantitative estimate of drug-likeness (QED) is 0.814. The van der Waals surface area contributed by atoms with E-state index in [1.165, 1.54) is 13.2 Å². The second-order valence-corrected chi connectivity index (χ2v) is 3.71. The number of nitrogens with one attached hydrogen (secondary N) is 2. The number of rotatable bonds is 5. The monoisotopic (exact) mass is 240 g/mol. The van der Waals surface area contributed by atoms with Crippen molar-refractivity contribution >= 4 is 5.91 Å². The highest BCUT2D eigenvalue weighted by atomic mass is 19.1. The number of hydrogen-bond donors (Lipinski definition) is 2. The Morgan fingerprint density at radius 1 is 1.53 bits per heavy atom. The van der Waals surface area contributed by atoms with E-state index in [1.807, 2.05) is 0 Å². The Bertz CT molecular complexity index is 396. The zero-order chi connectivity index (χ0) is 12.8. The van der Waals surface area contributed by atoms with E-state index in [2.05, 4.69) is 10.6 Å². The average molecular weight is 240 g/mol. The Morgan fingerprint density at radius 2 is 2.24 bits per heavy atom. The summed E-state index contributed by atoms with van der Waals surface area (Å²) in [6.45, 7) is 2.04. The summed E-state index contributed by atoms with van der Waals surface area (Å²) in [5.41, 5.74) is 0.702. The predicted octanol–water partition coefficient (Wildman–Crippen LogP) is 1.23. The Balaban J connectivity index is 2.72. The molecule has 0 bridgehead atoms. The second kappa shape index (κ2) is 6.20. The first-order valence-electron chi connectivity index (χ1n) is 5.36. The molecule has 0 spiro atoms. The molecule has 0 aliphatic heterocycles. The molecule has 0 heterocycles. The van der Waals surface area contributed by atoms with Crippen molar-refractivity contribution in [1.29, 1.82) is 0 Å². The van der Waals surface area contributed by atoms with Gasteiger partial charge in [-0.25, -0.2) is 4.39 Å². The maximum absolute atomic E-state index is 13.4. The SMILES string of the molecule is CNCC(=O)NC(C)c1ccc(OC)c(F)c1. The van der Waals surface area contributed by atoms with Gasteiger partial charge >= 0.3 is 0 Å². The molecule has 0 radical (unpaired) electrons. The van der Waals surface area contributed by atoms with E-state index in [0.717, 1.165) is 0 Å². The standard InChI is InChI=1S/C12H17FN2O2/c1-8(15-12(16)7-14-2)9-4-5-11(17-3)10(13)6-9/h4-6,8,14H,7H2,1-3H3,(H,15,16). The molecule has 4 nitrogen and oxygen atoms in total. The van der Waals surface area contributed by atoms with E-state index in [0.29, 0.717) is 5.56 Å². The maximum Gasteiger partial charge on any atom is 0.234 e. The maximum atomic E-state index is 13.4. The fourth-order valence-corrected chi connectivity index (χ4v) is 1.49. The van der Waals surface area contributed by atoms with Gasteiger partial charge in [0.05, 0.1) is 19.7 Å². The average Bonchev–Trinajstić information content (AvgIpc) is 2.29. The van der Waals surface area contributed by atoms with Crippen LogP contribution in [0.5, 0.6) is 5.75 Å². The topological polar surface area (TPSA) is 50.4 Å². The summed E-state index contributed by atoms with van der Waals surface area (Å²) >= 11 is 0. The van der Waals surface area contributed by atoms with Gasteiger partial charge in [-0.3, -0.25) is 4.79 Å². The molecule has 0 saturated carbocycles. The van der Waals surface area contributed by atoms with Gasteiger partial charge in [-0.15, -0.1) is 0 Å². The number of ether oxygens (including phenoxy) is 1. The summed E-state index contributed by atoms with van der Waals surface area (Å²) in [4.78, 5) is 11.3. The van der Waals surface area contributed by atoms with E-state index >= 15 is 0 Å². The number of benzene rings is 1. The van der Waals surface area contributed by atoms with Crippen LogP contribution < -0.4 is 15.4 Å². The van der Waals surface area contributed by atoms with Crippen LogP contribution in [0.25, 0.3) is 0 Å². The van der Waals surface area contributed by atoms with E-state index in [-0.39, 0.29) is 24.2 Å². The molecule has 5 heteroatoms. The molecule has 17 heavy (non-hydrogen) atoms. The highest BCUT2D eigenvalue weighted by Crippen LogP contribution is 2.21. The van der Waals surface area contributed by atoms with Crippen molar-refractivity contribution in [2.45, 2.75) is 13.0 Å². The Hall–Kier alpha value is -1.62. The molecule has 1 rings (SSSR count). The van der Waals surface area contributed by atoms with E-state index in [4.69, 9.17) is 4.74 Å². The summed E-state index contributed by atoms with van der Waals surface area (Å²) in [5.74, 6) is -0.363. The van der Waals surface area contributed by atoms with Gasteiger partial charge in [0.15, 0.2) is 11.6 Å². The molecule has 0 aliphatic rings. The lowest BCUT2D eigenvalue weighted by Crippen LogP contribution is -2.33. The highest BCUT2D eigenvalue weighted by molar-refractivity contribution is 5.78. The normalized spacial score (nSPS) is 12.0. The van der Waals surface area contributed by atoms with Crippen molar-refractivity contribution in [3.8, 4) is 5.75 Å². The lowest BCUT2D eigenvalue weighted by molar-refractivity contribution is -0.120. The summed E-state index contributed by atoms with van der Waals surface area (Å²) < 4.78 is 18.3. The van der Waals surface area contributed by atoms with Gasteiger partial charge in [0.1, 0.15) is 0 Å². The number of likely N-dealkylation sites (N-methyl/N-ethyl adjacent to an activating group) is 1. The molecule has 1 aromatic rings. The van der Waals surface area contributed by atoms with Crippen molar-refractivity contribution in [2.24, 2.45) is 0 Å². The van der Waals surface area contributed by atoms with Gasteiger partial charge in [0.2, 0.25) is 5.91 Å². The van der Waals surface area contributed by atoms with Crippen LogP contribution >= 0.6 is 0 Å². The molecule has 1 aromatic carbocycles. The van der Waals surface area contributed by atoms with Gasteiger partial charge in [-0.1, -0.05) is 6.07 Å². The van der Waals surface area contributed by atoms with Crippen molar-refractivity contribution in [3.63, 3.8) is 0 Å². The van der Waals surface area contributed by atoms with Crippen LogP contribution in [0.15, 0.2) is 18.2 Å². The minimum Gasteiger partial charge on any atom is -0.494 e. The molecular weight excluding hydrogens is 223 g/mol. The lowest BCUT2D eigenvalue weighted by atomic mass is 10.1. The van der Waals surface area contributed by atoms with E-state index < -0.39 is 5.82 Å². The first kappa shape index (κ1) is 13.4. The van der Waals surface area contributed by atoms with Crippen molar-refractivity contribution in [2.75, 3.05) is 20.7 Å². The second-order valence-electron chi connectivity index (χ2n) is 3.71. The molecule has 0 aromatic heterocycles. The van der Waals surface area contributed by atoms with Crippen LogP contribution in [0.4, 0.5) is 4.39 Å². The highest BCUT2D eigenvalue weighted by Gasteiger charge is 2.11. The van der Waals surface area contributed by atoms with Gasteiger partial charge in [-0.05, 0) is 31.7 Å². The van der Waals surface area contributed by atoms with Gasteiger partial charge < -0.3 is 15.4 Å². The largest absolute Gasteiger partial charge is 0.494 e. The van der Waals surface area contributed by atoms with Gasteiger partial charge in [0.25, 0.3) is 0 Å². The van der Waals surface area contributed by atoms with Crippen molar-refractivity contribution in [1.82, 2.24) is 10.6 Å². The number of halogens is 1. The number of hydrogen-bond acceptors (Lipinski definition) is 3. The van der Waals surface area contributed by atoms with Crippen LogP contribution in [0.1, 0.15) is 18.5 Å². The predicted molar refractivity (Wildman–Crippen MR) is 63.4 cm³/mol. The molecule has 2 N–H and O–H groups in total.